The van der Waals surface area contributed by atoms with E-state index in [1.807, 2.05) is 39.8 Å². The van der Waals surface area contributed by atoms with Crippen LogP contribution in [-0.2, 0) is 28.4 Å². The van der Waals surface area contributed by atoms with Gasteiger partial charge in [0.05, 0.1) is 41.9 Å². The molecule has 5 atom stereocenters. The first-order chi connectivity index (χ1) is 14.4. The van der Waals surface area contributed by atoms with Gasteiger partial charge >= 0.3 is 0 Å². The van der Waals surface area contributed by atoms with Gasteiger partial charge in [0, 0.05) is 26.7 Å². The van der Waals surface area contributed by atoms with Crippen LogP contribution in [0.5, 0.6) is 0 Å². The number of hydrogen-bond donors (Lipinski definition) is 2. The second-order valence-electron chi connectivity index (χ2n) is 9.43. The number of nitrogens with one attached hydrogen (secondary N) is 2. The monoisotopic (exact) mass is 477 g/mol. The number of ether oxygens (including phenoxy) is 3. The summed E-state index contributed by atoms with van der Waals surface area (Å²) in [6.45, 7) is 5.28. The molecule has 2 amide bonds. The van der Waals surface area contributed by atoms with Crippen molar-refractivity contribution in [1.82, 2.24) is 15.1 Å². The maximum atomic E-state index is 12.6. The lowest BCUT2D eigenvalue weighted by atomic mass is 9.85. The number of rotatable bonds is 12. The van der Waals surface area contributed by atoms with Crippen LogP contribution in [0.15, 0.2) is 12.2 Å². The van der Waals surface area contributed by atoms with Crippen LogP contribution < -0.4 is 10.2 Å². The van der Waals surface area contributed by atoms with Gasteiger partial charge in [0.15, 0.2) is 0 Å². The topological polar surface area (TPSA) is 106 Å². The predicted molar refractivity (Wildman–Crippen MR) is 117 cm³/mol. The Morgan fingerprint density at radius 2 is 1.68 bits per heavy atom. The second kappa shape index (κ2) is 9.21. The van der Waals surface area contributed by atoms with Crippen LogP contribution in [-0.4, -0.2) is 73.5 Å². The summed E-state index contributed by atoms with van der Waals surface area (Å²) in [4.78, 5) is 26.4. The van der Waals surface area contributed by atoms with E-state index in [0.29, 0.717) is 13.0 Å². The number of nitrogens with zero attached hydrogens (tertiary/aromatic N) is 1. The van der Waals surface area contributed by atoms with Crippen LogP contribution in [0, 0.1) is 11.8 Å². The largest absolute Gasteiger partial charge is 0.379 e. The van der Waals surface area contributed by atoms with Crippen LogP contribution in [0.2, 0.25) is 0 Å². The highest BCUT2D eigenvalue weighted by atomic mass is 35.7. The van der Waals surface area contributed by atoms with E-state index in [1.165, 1.54) is 4.90 Å². The van der Waals surface area contributed by atoms with Gasteiger partial charge in [0.2, 0.25) is 11.8 Å². The molecule has 0 aromatic heterocycles. The first kappa shape index (κ1) is 24.8. The van der Waals surface area contributed by atoms with Gasteiger partial charge in [-0.2, -0.15) is 0 Å². The second-order valence-corrected chi connectivity index (χ2v) is 12.6. The van der Waals surface area contributed by atoms with Gasteiger partial charge in [0.25, 0.3) is 6.80 Å². The molecule has 0 saturated carbocycles. The van der Waals surface area contributed by atoms with E-state index < -0.39 is 24.2 Å². The van der Waals surface area contributed by atoms with Crippen LogP contribution in [0.3, 0.4) is 0 Å². The summed E-state index contributed by atoms with van der Waals surface area (Å²) < 4.78 is 29.5. The molecule has 0 aliphatic carbocycles. The number of hydrogen-bond acceptors (Lipinski definition) is 6. The van der Waals surface area contributed by atoms with E-state index in [4.69, 9.17) is 25.5 Å². The summed E-state index contributed by atoms with van der Waals surface area (Å²) in [5, 5.41) is 5.54. The molecule has 3 aliphatic rings. The van der Waals surface area contributed by atoms with Crippen molar-refractivity contribution < 1.29 is 28.4 Å². The molecule has 11 heteroatoms. The maximum Gasteiger partial charge on any atom is 0.299 e. The highest BCUT2D eigenvalue weighted by Gasteiger charge is 2.60. The molecule has 2 bridgehead atoms. The number of halogens is 1. The van der Waals surface area contributed by atoms with E-state index >= 15 is 0 Å². The lowest BCUT2D eigenvalue weighted by molar-refractivity contribution is -0.142. The van der Waals surface area contributed by atoms with Gasteiger partial charge in [-0.05, 0) is 45.4 Å². The maximum absolute atomic E-state index is 12.6. The van der Waals surface area contributed by atoms with Gasteiger partial charge in [-0.25, -0.2) is 10.2 Å². The van der Waals surface area contributed by atoms with Crippen molar-refractivity contribution in [2.24, 2.45) is 11.8 Å². The summed E-state index contributed by atoms with van der Waals surface area (Å²) in [5.74, 6) is -1.35. The highest BCUT2D eigenvalue weighted by Crippen LogP contribution is 2.45. The molecule has 0 radical (unpaired) electrons. The Kier molecular flexibility index (Phi) is 7.38. The lowest BCUT2D eigenvalue weighted by Crippen LogP contribution is -2.41. The van der Waals surface area contributed by atoms with Crippen LogP contribution in [0.25, 0.3) is 0 Å². The minimum atomic E-state index is -3.41. The molecule has 0 aromatic rings. The number of likely N-dealkylation sites (tertiary alicyclic amines) is 1. The van der Waals surface area contributed by atoms with Gasteiger partial charge in [-0.3, -0.25) is 19.1 Å². The summed E-state index contributed by atoms with van der Waals surface area (Å²) in [5.41, 5.74) is -0.877. The highest BCUT2D eigenvalue weighted by molar-refractivity contribution is 7.86. The third-order valence-corrected chi connectivity index (χ3v) is 8.02. The van der Waals surface area contributed by atoms with Crippen molar-refractivity contribution in [3.63, 3.8) is 0 Å². The molecule has 5 unspecified atom stereocenters. The molecule has 3 aliphatic heterocycles. The third-order valence-electron chi connectivity index (χ3n) is 6.11. The standard InChI is InChI=1S/C20H33ClN3O6P/c1-19(2,28-5)8-11-29-20(3,4)12-23-31(21,27)22-9-10-24-17(25)15-13-6-7-14(30-13)16(15)18(24)26/h6-7,13-16H,8-12H2,1-5H3,(H2,22,23,27). The van der Waals surface area contributed by atoms with Crippen molar-refractivity contribution >= 4 is 29.9 Å². The molecule has 31 heavy (non-hydrogen) atoms. The summed E-state index contributed by atoms with van der Waals surface area (Å²) in [6, 6.07) is 0. The van der Waals surface area contributed by atoms with E-state index in [2.05, 4.69) is 10.2 Å². The number of fused-ring (bicyclic) bond motifs is 5. The number of carbonyl (C=O) groups excluding carboxylic acids is 2. The summed E-state index contributed by atoms with van der Waals surface area (Å²) in [6.07, 6.45) is 3.76. The van der Waals surface area contributed by atoms with E-state index in [-0.39, 0.29) is 49.3 Å². The SMILES string of the molecule is COC(C)(C)CCOC(C)(C)CNP(=O)(Cl)NCCN1C(=O)C2C3C=CC(O3)C2C1=O. The molecule has 2 fully saturated rings. The number of methoxy groups -OCH3 is 1. The first-order valence-corrected chi connectivity index (χ1v) is 13.2. The van der Waals surface area contributed by atoms with Crippen LogP contribution >= 0.6 is 18.0 Å². The Labute approximate surface area is 188 Å². The van der Waals surface area contributed by atoms with Gasteiger partial charge < -0.3 is 14.2 Å². The molecule has 0 aromatic carbocycles. The molecular weight excluding hydrogens is 445 g/mol. The molecule has 0 spiro atoms. The Morgan fingerprint density at radius 3 is 2.23 bits per heavy atom. The summed E-state index contributed by atoms with van der Waals surface area (Å²) >= 11 is 6.12. The zero-order valence-electron chi connectivity index (χ0n) is 18.7. The van der Waals surface area contributed by atoms with Crippen molar-refractivity contribution in [3.05, 3.63) is 12.2 Å². The fourth-order valence-corrected chi connectivity index (χ4v) is 5.48. The quantitative estimate of drug-likeness (QED) is 0.250. The molecule has 3 rings (SSSR count). The Bertz CT molecular complexity index is 759. The molecule has 2 N–H and O–H groups in total. The van der Waals surface area contributed by atoms with Crippen molar-refractivity contribution in [2.45, 2.75) is 57.5 Å². The number of imide groups is 1. The van der Waals surface area contributed by atoms with Gasteiger partial charge in [0.1, 0.15) is 0 Å². The lowest BCUT2D eigenvalue weighted by Gasteiger charge is -2.30. The average molecular weight is 478 g/mol. The van der Waals surface area contributed by atoms with Crippen LogP contribution in [0.4, 0.5) is 0 Å². The van der Waals surface area contributed by atoms with E-state index in [9.17, 15) is 14.2 Å². The van der Waals surface area contributed by atoms with Crippen molar-refractivity contribution in [3.8, 4) is 0 Å². The third kappa shape index (κ3) is 5.77. The number of amides is 2. The van der Waals surface area contributed by atoms with Crippen LogP contribution in [0.1, 0.15) is 34.1 Å². The van der Waals surface area contributed by atoms with Gasteiger partial charge in [-0.15, -0.1) is 0 Å². The predicted octanol–water partition coefficient (Wildman–Crippen LogP) is 2.06. The average Bonchev–Trinajstić information content (AvgIpc) is 3.36. The number of carbonyl (C=O) groups is 2. The van der Waals surface area contributed by atoms with E-state index in [0.717, 1.165) is 0 Å². The Balaban J connectivity index is 1.41. The Morgan fingerprint density at radius 1 is 1.10 bits per heavy atom. The van der Waals surface area contributed by atoms with E-state index in [1.54, 1.807) is 7.11 Å². The fourth-order valence-electron chi connectivity index (χ4n) is 3.97. The summed E-state index contributed by atoms with van der Waals surface area (Å²) in [7, 11) is 1.66. The van der Waals surface area contributed by atoms with Crippen molar-refractivity contribution in [1.29, 1.82) is 0 Å². The van der Waals surface area contributed by atoms with Crippen molar-refractivity contribution in [2.75, 3.05) is 33.4 Å². The minimum absolute atomic E-state index is 0.106. The normalized spacial score (nSPS) is 29.7. The Hall–Kier alpha value is -0.800. The first-order valence-electron chi connectivity index (χ1n) is 10.5. The smallest absolute Gasteiger partial charge is 0.299 e. The zero-order valence-corrected chi connectivity index (χ0v) is 20.4. The molecular formula is C20H33ClN3O6P. The molecule has 9 nitrogen and oxygen atoms in total. The molecule has 3 heterocycles. The molecule has 2 saturated heterocycles. The minimum Gasteiger partial charge on any atom is -0.379 e. The fraction of sp³-hybridized carbons (Fsp3) is 0.800. The van der Waals surface area contributed by atoms with Gasteiger partial charge in [-0.1, -0.05) is 12.2 Å². The zero-order chi connectivity index (χ0) is 23.0. The molecule has 176 valence electrons.